The molecular formula is C17H23NO4S. The molecule has 1 saturated carbocycles. The first-order chi connectivity index (χ1) is 11.2. The predicted octanol–water partition coefficient (Wildman–Crippen LogP) is 2.85. The molecule has 3 rings (SSSR count). The van der Waals surface area contributed by atoms with E-state index < -0.39 is 6.04 Å². The molecule has 0 unspecified atom stereocenters. The first-order valence-corrected chi connectivity index (χ1v) is 9.14. The van der Waals surface area contributed by atoms with E-state index >= 15 is 0 Å². The molecule has 2 aliphatic rings. The van der Waals surface area contributed by atoms with Crippen LogP contribution in [0.3, 0.4) is 0 Å². The van der Waals surface area contributed by atoms with Crippen LogP contribution in [0.25, 0.3) is 0 Å². The van der Waals surface area contributed by atoms with E-state index in [2.05, 4.69) is 0 Å². The summed E-state index contributed by atoms with van der Waals surface area (Å²) in [6.07, 6.45) is 5.31. The van der Waals surface area contributed by atoms with E-state index in [1.54, 1.807) is 18.1 Å². The number of likely N-dealkylation sites (tertiary alicyclic amines) is 1. The van der Waals surface area contributed by atoms with Crippen molar-refractivity contribution in [1.29, 1.82) is 0 Å². The number of rotatable bonds is 4. The summed E-state index contributed by atoms with van der Waals surface area (Å²) in [6, 6.07) is 3.22. The maximum atomic E-state index is 12.5. The molecule has 6 heteroatoms. The van der Waals surface area contributed by atoms with Crippen LogP contribution >= 0.6 is 11.3 Å². The van der Waals surface area contributed by atoms with E-state index in [0.29, 0.717) is 17.8 Å². The molecule has 0 aromatic carbocycles. The van der Waals surface area contributed by atoms with Gasteiger partial charge in [-0.25, -0.2) is 4.79 Å². The predicted molar refractivity (Wildman–Crippen MR) is 87.5 cm³/mol. The van der Waals surface area contributed by atoms with Gasteiger partial charge in [-0.1, -0.05) is 6.07 Å². The normalized spacial score (nSPS) is 27.9. The van der Waals surface area contributed by atoms with Crippen molar-refractivity contribution in [2.45, 2.75) is 56.8 Å². The molecule has 1 aromatic rings. The highest BCUT2D eigenvalue weighted by Gasteiger charge is 2.37. The van der Waals surface area contributed by atoms with E-state index in [1.807, 2.05) is 11.4 Å². The van der Waals surface area contributed by atoms with E-state index in [-0.39, 0.29) is 24.1 Å². The zero-order valence-electron chi connectivity index (χ0n) is 13.4. The van der Waals surface area contributed by atoms with Crippen molar-refractivity contribution in [2.75, 3.05) is 13.7 Å². The molecule has 3 atom stereocenters. The van der Waals surface area contributed by atoms with Crippen LogP contribution in [0.1, 0.15) is 48.2 Å². The summed E-state index contributed by atoms with van der Waals surface area (Å²) < 4.78 is 11.1. The molecule has 2 fully saturated rings. The minimum Gasteiger partial charge on any atom is -0.461 e. The van der Waals surface area contributed by atoms with E-state index in [9.17, 15) is 9.59 Å². The summed E-state index contributed by atoms with van der Waals surface area (Å²) in [5.74, 6) is -0.313. The second-order valence-electron chi connectivity index (χ2n) is 6.22. The lowest BCUT2D eigenvalue weighted by molar-refractivity contribution is -0.157. The summed E-state index contributed by atoms with van der Waals surface area (Å²) in [6.45, 7) is 0.627. The topological polar surface area (TPSA) is 55.8 Å². The van der Waals surface area contributed by atoms with Gasteiger partial charge in [0.05, 0.1) is 11.0 Å². The Hall–Kier alpha value is -1.40. The Morgan fingerprint density at radius 1 is 1.22 bits per heavy atom. The van der Waals surface area contributed by atoms with Crippen molar-refractivity contribution < 1.29 is 19.1 Å². The zero-order chi connectivity index (χ0) is 16.2. The smallest absolute Gasteiger partial charge is 0.329 e. The first kappa shape index (κ1) is 16.5. The molecule has 0 N–H and O–H groups in total. The monoisotopic (exact) mass is 337 g/mol. The van der Waals surface area contributed by atoms with Gasteiger partial charge in [-0.2, -0.15) is 0 Å². The highest BCUT2D eigenvalue weighted by atomic mass is 32.1. The molecule has 1 amide bonds. The third-order valence-electron chi connectivity index (χ3n) is 4.71. The molecule has 0 bridgehead atoms. The Morgan fingerprint density at radius 3 is 2.78 bits per heavy atom. The second-order valence-corrected chi connectivity index (χ2v) is 7.16. The number of esters is 1. The molecule has 126 valence electrons. The largest absolute Gasteiger partial charge is 0.461 e. The van der Waals surface area contributed by atoms with Gasteiger partial charge in [-0.15, -0.1) is 11.3 Å². The fourth-order valence-electron chi connectivity index (χ4n) is 3.46. The number of carbonyl (C=O) groups excluding carboxylic acids is 2. The lowest BCUT2D eigenvalue weighted by atomic mass is 9.95. The number of ether oxygens (including phenoxy) is 2. The van der Waals surface area contributed by atoms with Crippen LogP contribution in [0.4, 0.5) is 0 Å². The van der Waals surface area contributed by atoms with Crippen LogP contribution in [-0.2, 0) is 14.3 Å². The molecular weight excluding hydrogens is 314 g/mol. The van der Waals surface area contributed by atoms with Gasteiger partial charge in [0.1, 0.15) is 12.1 Å². The zero-order valence-corrected chi connectivity index (χ0v) is 14.2. The molecule has 1 aromatic heterocycles. The van der Waals surface area contributed by atoms with Gasteiger partial charge < -0.3 is 14.4 Å². The fraction of sp³-hybridized carbons (Fsp3) is 0.647. The maximum Gasteiger partial charge on any atom is 0.329 e. The lowest BCUT2D eigenvalue weighted by Crippen LogP contribution is -2.43. The Bertz CT molecular complexity index is 545. The number of thiophene rings is 1. The van der Waals surface area contributed by atoms with Crippen molar-refractivity contribution in [3.8, 4) is 0 Å². The molecule has 0 spiro atoms. The summed E-state index contributed by atoms with van der Waals surface area (Å²) in [5, 5.41) is 1.88. The summed E-state index contributed by atoms with van der Waals surface area (Å²) in [4.78, 5) is 27.4. The number of methoxy groups -OCH3 is 1. The van der Waals surface area contributed by atoms with E-state index in [1.165, 1.54) is 11.3 Å². The third-order valence-corrected chi connectivity index (χ3v) is 5.57. The van der Waals surface area contributed by atoms with Gasteiger partial charge >= 0.3 is 5.97 Å². The van der Waals surface area contributed by atoms with E-state index in [4.69, 9.17) is 9.47 Å². The number of nitrogens with zero attached hydrogens (tertiary/aromatic N) is 1. The van der Waals surface area contributed by atoms with Crippen molar-refractivity contribution in [3.63, 3.8) is 0 Å². The molecule has 1 aliphatic carbocycles. The summed E-state index contributed by atoms with van der Waals surface area (Å²) in [7, 11) is 1.70. The Kier molecular flexibility index (Phi) is 5.33. The SMILES string of the molecule is CO[C@@H]1CCC[C@H](OC(=O)[C@@H]2CCCN2C(=O)c2cccs2)C1. The van der Waals surface area contributed by atoms with E-state index in [0.717, 1.165) is 32.1 Å². The van der Waals surface area contributed by atoms with Crippen LogP contribution in [-0.4, -0.2) is 48.7 Å². The Balaban J connectivity index is 1.61. The van der Waals surface area contributed by atoms with Gasteiger partial charge in [0.2, 0.25) is 0 Å². The number of amides is 1. The van der Waals surface area contributed by atoms with Crippen molar-refractivity contribution in [3.05, 3.63) is 22.4 Å². The second kappa shape index (κ2) is 7.45. The summed E-state index contributed by atoms with van der Waals surface area (Å²) in [5.41, 5.74) is 0. The minimum absolute atomic E-state index is 0.0575. The van der Waals surface area contributed by atoms with Crippen LogP contribution < -0.4 is 0 Å². The lowest BCUT2D eigenvalue weighted by Gasteiger charge is -2.30. The molecule has 1 saturated heterocycles. The van der Waals surface area contributed by atoms with Crippen molar-refractivity contribution >= 4 is 23.2 Å². The van der Waals surface area contributed by atoms with Gasteiger partial charge in [0, 0.05) is 20.1 Å². The molecule has 2 heterocycles. The number of carbonyl (C=O) groups is 2. The van der Waals surface area contributed by atoms with Crippen LogP contribution in [0.2, 0.25) is 0 Å². The number of hydrogen-bond acceptors (Lipinski definition) is 5. The molecule has 23 heavy (non-hydrogen) atoms. The molecule has 0 radical (unpaired) electrons. The number of hydrogen-bond donors (Lipinski definition) is 0. The van der Waals surface area contributed by atoms with Gasteiger partial charge in [0.25, 0.3) is 5.91 Å². The van der Waals surface area contributed by atoms with Crippen molar-refractivity contribution in [1.82, 2.24) is 4.90 Å². The first-order valence-electron chi connectivity index (χ1n) is 8.27. The van der Waals surface area contributed by atoms with Crippen LogP contribution in [0.5, 0.6) is 0 Å². The van der Waals surface area contributed by atoms with Crippen LogP contribution in [0.15, 0.2) is 17.5 Å². The van der Waals surface area contributed by atoms with Crippen molar-refractivity contribution in [2.24, 2.45) is 0 Å². The van der Waals surface area contributed by atoms with Crippen LogP contribution in [0, 0.1) is 0 Å². The minimum atomic E-state index is -0.437. The van der Waals surface area contributed by atoms with Gasteiger partial charge in [0.15, 0.2) is 0 Å². The highest BCUT2D eigenvalue weighted by Crippen LogP contribution is 2.27. The Morgan fingerprint density at radius 2 is 2.04 bits per heavy atom. The third kappa shape index (κ3) is 3.75. The average molecular weight is 337 g/mol. The maximum absolute atomic E-state index is 12.5. The highest BCUT2D eigenvalue weighted by molar-refractivity contribution is 7.12. The standard InChI is InChI=1S/C17H23NO4S/c1-21-12-5-2-6-13(11-12)22-17(20)14-7-3-9-18(14)16(19)15-8-4-10-23-15/h4,8,10,12-14H,2-3,5-7,9,11H2,1H3/t12-,13+,14+/m1/s1. The fourth-order valence-corrected chi connectivity index (χ4v) is 4.14. The Labute approximate surface area is 140 Å². The quantitative estimate of drug-likeness (QED) is 0.793. The van der Waals surface area contributed by atoms with Gasteiger partial charge in [-0.3, -0.25) is 4.79 Å². The van der Waals surface area contributed by atoms with Gasteiger partial charge in [-0.05, 0) is 43.6 Å². The molecule has 1 aliphatic heterocycles. The average Bonchev–Trinajstić information content (AvgIpc) is 3.25. The summed E-state index contributed by atoms with van der Waals surface area (Å²) >= 11 is 1.41. The molecule has 5 nitrogen and oxygen atoms in total.